The number of rotatable bonds is 6. The minimum atomic E-state index is -1.03. The fraction of sp³-hybridized carbons (Fsp3) is 0.529. The average Bonchev–Trinajstić information content (AvgIpc) is 3.06. The number of carboxylic acid groups (broad SMARTS) is 1. The van der Waals surface area contributed by atoms with Gasteiger partial charge in [-0.1, -0.05) is 29.8 Å². The van der Waals surface area contributed by atoms with Crippen LogP contribution in [-0.2, 0) is 20.7 Å². The van der Waals surface area contributed by atoms with Gasteiger partial charge in [-0.15, -0.1) is 0 Å². The van der Waals surface area contributed by atoms with Crippen LogP contribution in [0.1, 0.15) is 24.0 Å². The topological polar surface area (TPSA) is 95.9 Å². The van der Waals surface area contributed by atoms with E-state index in [9.17, 15) is 19.8 Å². The number of benzene rings is 1. The molecular weight excluding hydrogens is 298 g/mol. The molecule has 2 saturated heterocycles. The van der Waals surface area contributed by atoms with Crippen molar-refractivity contribution in [3.63, 3.8) is 0 Å². The third-order valence-electron chi connectivity index (χ3n) is 4.90. The van der Waals surface area contributed by atoms with Crippen molar-refractivity contribution in [1.82, 2.24) is 5.32 Å². The predicted octanol–water partition coefficient (Wildman–Crippen LogP) is 0.648. The van der Waals surface area contributed by atoms with Crippen LogP contribution < -0.4 is 5.32 Å². The first-order chi connectivity index (χ1) is 10.9. The van der Waals surface area contributed by atoms with Gasteiger partial charge in [-0.2, -0.15) is 0 Å². The first-order valence-electron chi connectivity index (χ1n) is 7.74. The molecule has 0 spiro atoms. The zero-order valence-corrected chi connectivity index (χ0v) is 13.0. The van der Waals surface area contributed by atoms with Crippen LogP contribution >= 0.6 is 0 Å². The number of carbonyl (C=O) groups is 2. The number of nitrogens with one attached hydrogen (secondary N) is 1. The van der Waals surface area contributed by atoms with E-state index >= 15 is 0 Å². The van der Waals surface area contributed by atoms with E-state index in [1.807, 2.05) is 31.2 Å². The molecule has 0 aromatic heterocycles. The monoisotopic (exact) mass is 319 g/mol. The largest absolute Gasteiger partial charge is 0.481 e. The normalized spacial score (nSPS) is 29.7. The molecule has 4 rings (SSSR count). The lowest BCUT2D eigenvalue weighted by molar-refractivity contribution is -0.159. The summed E-state index contributed by atoms with van der Waals surface area (Å²) in [5, 5.41) is 21.5. The molecule has 3 N–H and O–H groups in total. The minimum absolute atomic E-state index is 0.0809. The lowest BCUT2D eigenvalue weighted by Gasteiger charge is -2.40. The maximum Gasteiger partial charge on any atom is 0.312 e. The van der Waals surface area contributed by atoms with Gasteiger partial charge < -0.3 is 20.3 Å². The number of hydrogen-bond donors (Lipinski definition) is 3. The molecule has 1 aliphatic carbocycles. The maximum atomic E-state index is 12.4. The Hall–Kier alpha value is -1.92. The third kappa shape index (κ3) is 2.72. The molecule has 3 aliphatic rings. The van der Waals surface area contributed by atoms with Crippen LogP contribution in [0.25, 0.3) is 0 Å². The summed E-state index contributed by atoms with van der Waals surface area (Å²) >= 11 is 0. The van der Waals surface area contributed by atoms with Crippen molar-refractivity contribution in [3.05, 3.63) is 35.4 Å². The zero-order chi connectivity index (χ0) is 16.7. The summed E-state index contributed by atoms with van der Waals surface area (Å²) in [6.07, 6.45) is 0.941. The van der Waals surface area contributed by atoms with Crippen LogP contribution in [0.3, 0.4) is 0 Å². The molecule has 2 heterocycles. The fourth-order valence-electron chi connectivity index (χ4n) is 3.45. The van der Waals surface area contributed by atoms with Crippen molar-refractivity contribution in [2.75, 3.05) is 13.2 Å². The molecule has 1 unspecified atom stereocenters. The van der Waals surface area contributed by atoms with Gasteiger partial charge in [0.05, 0.1) is 24.7 Å². The number of amides is 1. The number of ether oxygens (including phenoxy) is 1. The second-order valence-electron chi connectivity index (χ2n) is 6.76. The number of aliphatic hydroxyl groups is 1. The highest BCUT2D eigenvalue weighted by Gasteiger charge is 2.70. The Labute approximate surface area is 134 Å². The Morgan fingerprint density at radius 1 is 1.30 bits per heavy atom. The Morgan fingerprint density at radius 3 is 2.48 bits per heavy atom. The average molecular weight is 319 g/mol. The van der Waals surface area contributed by atoms with Gasteiger partial charge in [0.15, 0.2) is 0 Å². The highest BCUT2D eigenvalue weighted by atomic mass is 16.5. The Balaban J connectivity index is 1.61. The number of aliphatic carboxylic acids is 1. The van der Waals surface area contributed by atoms with Crippen molar-refractivity contribution in [1.29, 1.82) is 0 Å². The summed E-state index contributed by atoms with van der Waals surface area (Å²) in [5.74, 6) is -1.23. The fourth-order valence-corrected chi connectivity index (χ4v) is 3.45. The van der Waals surface area contributed by atoms with Crippen LogP contribution in [0, 0.1) is 12.3 Å². The summed E-state index contributed by atoms with van der Waals surface area (Å²) in [6.45, 7) is 1.90. The number of carbonyl (C=O) groups excluding carboxylic acids is 1. The van der Waals surface area contributed by atoms with Gasteiger partial charge in [-0.05, 0) is 18.9 Å². The Bertz CT molecular complexity index is 618. The number of fused-ring (bicyclic) bond motifs is 1. The number of hydrogen-bond acceptors (Lipinski definition) is 4. The molecule has 3 fully saturated rings. The lowest BCUT2D eigenvalue weighted by Crippen LogP contribution is -2.59. The van der Waals surface area contributed by atoms with Gasteiger partial charge in [-0.25, -0.2) is 0 Å². The van der Waals surface area contributed by atoms with Gasteiger partial charge in [-0.3, -0.25) is 9.59 Å². The smallest absolute Gasteiger partial charge is 0.312 e. The molecule has 1 atom stereocenters. The van der Waals surface area contributed by atoms with E-state index in [0.717, 1.165) is 11.1 Å². The second kappa shape index (κ2) is 5.62. The molecule has 0 radical (unpaired) electrons. The summed E-state index contributed by atoms with van der Waals surface area (Å²) < 4.78 is 5.48. The summed E-state index contributed by atoms with van der Waals surface area (Å²) in [6, 6.07) is 7.49. The van der Waals surface area contributed by atoms with Crippen molar-refractivity contribution >= 4 is 11.9 Å². The minimum Gasteiger partial charge on any atom is -0.481 e. The zero-order valence-electron chi connectivity index (χ0n) is 13.0. The summed E-state index contributed by atoms with van der Waals surface area (Å²) in [5.41, 5.74) is 0.242. The molecule has 1 aromatic carbocycles. The summed E-state index contributed by atoms with van der Waals surface area (Å²) in [7, 11) is 0. The standard InChI is InChI=1S/C17H21NO5/c1-11-2-4-12(5-3-11)6-13(7-19)18-14(20)17-8-16(9-17,10-23-17)15(21)22/h2-5,13,19H,6-10H2,1H3,(H,18,20)(H,21,22). The number of aliphatic hydroxyl groups excluding tert-OH is 1. The van der Waals surface area contributed by atoms with Crippen LogP contribution in [0.4, 0.5) is 0 Å². The molecule has 2 aliphatic heterocycles. The summed E-state index contributed by atoms with van der Waals surface area (Å²) in [4.78, 5) is 23.7. The van der Waals surface area contributed by atoms with E-state index in [-0.39, 0.29) is 32.0 Å². The number of carboxylic acids is 1. The van der Waals surface area contributed by atoms with Crippen LogP contribution in [0.15, 0.2) is 24.3 Å². The second-order valence-corrected chi connectivity index (χ2v) is 6.76. The van der Waals surface area contributed by atoms with Gasteiger partial charge in [0.2, 0.25) is 0 Å². The van der Waals surface area contributed by atoms with E-state index in [0.29, 0.717) is 6.42 Å². The van der Waals surface area contributed by atoms with E-state index in [1.54, 1.807) is 0 Å². The van der Waals surface area contributed by atoms with E-state index in [1.165, 1.54) is 0 Å². The van der Waals surface area contributed by atoms with Crippen LogP contribution in [0.2, 0.25) is 0 Å². The van der Waals surface area contributed by atoms with Crippen LogP contribution in [-0.4, -0.2) is 46.9 Å². The lowest BCUT2D eigenvalue weighted by atomic mass is 9.62. The number of aryl methyl sites for hydroxylation is 1. The third-order valence-corrected chi connectivity index (χ3v) is 4.90. The molecular formula is C17H21NO5. The van der Waals surface area contributed by atoms with E-state index in [2.05, 4.69) is 5.32 Å². The Morgan fingerprint density at radius 2 is 1.96 bits per heavy atom. The molecule has 1 amide bonds. The van der Waals surface area contributed by atoms with Crippen molar-refractivity contribution < 1.29 is 24.5 Å². The highest BCUT2D eigenvalue weighted by molar-refractivity contribution is 5.92. The molecule has 23 heavy (non-hydrogen) atoms. The van der Waals surface area contributed by atoms with Crippen molar-refractivity contribution in [2.24, 2.45) is 5.41 Å². The molecule has 1 saturated carbocycles. The highest BCUT2D eigenvalue weighted by Crippen LogP contribution is 2.58. The molecule has 124 valence electrons. The van der Waals surface area contributed by atoms with Gasteiger partial charge in [0, 0.05) is 12.8 Å². The molecule has 6 nitrogen and oxygen atoms in total. The SMILES string of the molecule is Cc1ccc(CC(CO)NC(=O)C23CC(C(=O)O)(CO2)C3)cc1. The predicted molar refractivity (Wildman–Crippen MR) is 81.9 cm³/mol. The molecule has 1 aromatic rings. The van der Waals surface area contributed by atoms with Gasteiger partial charge in [0.25, 0.3) is 5.91 Å². The van der Waals surface area contributed by atoms with Crippen molar-refractivity contribution in [2.45, 2.75) is 37.8 Å². The Kier molecular flexibility index (Phi) is 3.90. The first-order valence-corrected chi connectivity index (χ1v) is 7.74. The maximum absolute atomic E-state index is 12.4. The van der Waals surface area contributed by atoms with Gasteiger partial charge in [0.1, 0.15) is 5.60 Å². The quantitative estimate of drug-likeness (QED) is 0.715. The van der Waals surface area contributed by atoms with Gasteiger partial charge >= 0.3 is 5.97 Å². The first kappa shape index (κ1) is 16.0. The van der Waals surface area contributed by atoms with Crippen molar-refractivity contribution in [3.8, 4) is 0 Å². The van der Waals surface area contributed by atoms with E-state index < -0.39 is 23.0 Å². The molecule has 2 bridgehead atoms. The van der Waals surface area contributed by atoms with E-state index in [4.69, 9.17) is 4.74 Å². The molecule has 6 heteroatoms. The van der Waals surface area contributed by atoms with Crippen LogP contribution in [0.5, 0.6) is 0 Å².